The lowest BCUT2D eigenvalue weighted by Crippen LogP contribution is -2.48. The van der Waals surface area contributed by atoms with Gasteiger partial charge in [-0.2, -0.15) is 0 Å². The highest BCUT2D eigenvalue weighted by molar-refractivity contribution is 5.78. The Labute approximate surface area is 121 Å². The molecule has 1 unspecified atom stereocenters. The van der Waals surface area contributed by atoms with Crippen LogP contribution in [0.25, 0.3) is 0 Å². The average molecular weight is 275 g/mol. The second kappa shape index (κ2) is 7.41. The molecule has 20 heavy (non-hydrogen) atoms. The highest BCUT2D eigenvalue weighted by Crippen LogP contribution is 2.21. The predicted octanol–water partition coefficient (Wildman–Crippen LogP) is 1.41. The highest BCUT2D eigenvalue weighted by atomic mass is 16.2. The van der Waals surface area contributed by atoms with Crippen molar-refractivity contribution in [1.82, 2.24) is 15.5 Å². The summed E-state index contributed by atoms with van der Waals surface area (Å²) in [6.07, 6.45) is 0. The third-order valence-electron chi connectivity index (χ3n) is 3.72. The third kappa shape index (κ3) is 4.32. The van der Waals surface area contributed by atoms with Crippen molar-refractivity contribution in [3.8, 4) is 0 Å². The molecule has 0 aromatic heterocycles. The smallest absolute Gasteiger partial charge is 0.234 e. The second-order valence-corrected chi connectivity index (χ2v) is 5.73. The minimum Gasteiger partial charge on any atom is -0.348 e. The van der Waals surface area contributed by atoms with Gasteiger partial charge in [0.1, 0.15) is 0 Å². The van der Waals surface area contributed by atoms with Crippen LogP contribution in [0.3, 0.4) is 0 Å². The first-order chi connectivity index (χ1) is 9.66. The van der Waals surface area contributed by atoms with Gasteiger partial charge in [0.05, 0.1) is 12.6 Å². The molecule has 2 rings (SSSR count). The number of carbonyl (C=O) groups is 1. The Morgan fingerprint density at radius 3 is 2.50 bits per heavy atom. The number of hydrogen-bond acceptors (Lipinski definition) is 3. The van der Waals surface area contributed by atoms with Gasteiger partial charge in [-0.15, -0.1) is 0 Å². The molecule has 4 heteroatoms. The van der Waals surface area contributed by atoms with Crippen molar-refractivity contribution in [2.75, 3.05) is 32.7 Å². The number of amides is 1. The molecule has 1 fully saturated rings. The Morgan fingerprint density at radius 2 is 1.90 bits per heavy atom. The molecule has 1 atom stereocenters. The Kier molecular flexibility index (Phi) is 5.56. The van der Waals surface area contributed by atoms with E-state index in [2.05, 4.69) is 41.5 Å². The Hall–Kier alpha value is -1.39. The molecule has 110 valence electrons. The Bertz CT molecular complexity index is 413. The van der Waals surface area contributed by atoms with E-state index < -0.39 is 0 Å². The van der Waals surface area contributed by atoms with Crippen molar-refractivity contribution in [1.29, 1.82) is 0 Å². The summed E-state index contributed by atoms with van der Waals surface area (Å²) in [5.41, 5.74) is 1.18. The first-order valence-electron chi connectivity index (χ1n) is 7.44. The number of hydrogen-bond donors (Lipinski definition) is 2. The van der Waals surface area contributed by atoms with Gasteiger partial charge in [-0.3, -0.25) is 9.69 Å². The number of rotatable bonds is 5. The Morgan fingerprint density at radius 1 is 1.25 bits per heavy atom. The first-order valence-corrected chi connectivity index (χ1v) is 7.44. The maximum atomic E-state index is 12.2. The summed E-state index contributed by atoms with van der Waals surface area (Å²) in [6, 6.07) is 10.3. The van der Waals surface area contributed by atoms with E-state index in [4.69, 9.17) is 0 Å². The molecule has 0 saturated carbocycles. The van der Waals surface area contributed by atoms with Gasteiger partial charge in [-0.05, 0) is 11.5 Å². The largest absolute Gasteiger partial charge is 0.348 e. The quantitative estimate of drug-likeness (QED) is 0.854. The monoisotopic (exact) mass is 275 g/mol. The molecule has 0 bridgehead atoms. The molecule has 0 spiro atoms. The summed E-state index contributed by atoms with van der Waals surface area (Å²) >= 11 is 0. The minimum absolute atomic E-state index is 0.0895. The van der Waals surface area contributed by atoms with E-state index in [9.17, 15) is 4.79 Å². The summed E-state index contributed by atoms with van der Waals surface area (Å²) in [5, 5.41) is 6.48. The molecule has 1 aromatic carbocycles. The van der Waals surface area contributed by atoms with Crippen LogP contribution in [0.1, 0.15) is 25.5 Å². The van der Waals surface area contributed by atoms with Crippen molar-refractivity contribution in [3.63, 3.8) is 0 Å². The van der Waals surface area contributed by atoms with Gasteiger partial charge in [-0.25, -0.2) is 0 Å². The minimum atomic E-state index is 0.0895. The highest BCUT2D eigenvalue weighted by Gasteiger charge is 2.20. The molecule has 0 aliphatic carbocycles. The van der Waals surface area contributed by atoms with Gasteiger partial charge in [-0.1, -0.05) is 44.2 Å². The zero-order valence-electron chi connectivity index (χ0n) is 12.4. The normalized spacial score (nSPS) is 17.9. The van der Waals surface area contributed by atoms with Crippen molar-refractivity contribution < 1.29 is 4.79 Å². The average Bonchev–Trinajstić information content (AvgIpc) is 2.46. The SMILES string of the molecule is CC(C)C(NC(=O)CN1CCNCC1)c1ccccc1. The molecule has 1 saturated heterocycles. The van der Waals surface area contributed by atoms with Crippen LogP contribution in [0.15, 0.2) is 30.3 Å². The molecule has 1 aliphatic rings. The molecule has 2 N–H and O–H groups in total. The van der Waals surface area contributed by atoms with Crippen molar-refractivity contribution in [2.24, 2.45) is 5.92 Å². The lowest BCUT2D eigenvalue weighted by molar-refractivity contribution is -0.123. The van der Waals surface area contributed by atoms with Gasteiger partial charge in [0.25, 0.3) is 0 Å². The van der Waals surface area contributed by atoms with Crippen LogP contribution in [0.4, 0.5) is 0 Å². The summed E-state index contributed by atoms with van der Waals surface area (Å²) in [4.78, 5) is 14.4. The van der Waals surface area contributed by atoms with Crippen molar-refractivity contribution in [3.05, 3.63) is 35.9 Å². The molecule has 1 aliphatic heterocycles. The number of benzene rings is 1. The zero-order valence-corrected chi connectivity index (χ0v) is 12.4. The number of piperazine rings is 1. The van der Waals surface area contributed by atoms with Crippen molar-refractivity contribution >= 4 is 5.91 Å². The fourth-order valence-electron chi connectivity index (χ4n) is 2.59. The van der Waals surface area contributed by atoms with Crippen LogP contribution in [0.5, 0.6) is 0 Å². The lowest BCUT2D eigenvalue weighted by Gasteiger charge is -2.28. The van der Waals surface area contributed by atoms with E-state index >= 15 is 0 Å². The fraction of sp³-hybridized carbons (Fsp3) is 0.562. The summed E-state index contributed by atoms with van der Waals surface area (Å²) in [5.74, 6) is 0.499. The van der Waals surface area contributed by atoms with Crippen LogP contribution in [-0.4, -0.2) is 43.5 Å². The first kappa shape index (κ1) is 15.0. The van der Waals surface area contributed by atoms with E-state index in [0.29, 0.717) is 12.5 Å². The topological polar surface area (TPSA) is 44.4 Å². The summed E-state index contributed by atoms with van der Waals surface area (Å²) in [7, 11) is 0. The third-order valence-corrected chi connectivity index (χ3v) is 3.72. The number of carbonyl (C=O) groups excluding carboxylic acids is 1. The molecule has 0 radical (unpaired) electrons. The van der Waals surface area contributed by atoms with Gasteiger partial charge in [0.2, 0.25) is 5.91 Å². The second-order valence-electron chi connectivity index (χ2n) is 5.73. The zero-order chi connectivity index (χ0) is 14.4. The lowest BCUT2D eigenvalue weighted by atomic mass is 9.96. The molecule has 1 amide bonds. The number of nitrogens with zero attached hydrogens (tertiary/aromatic N) is 1. The van der Waals surface area contributed by atoms with Crippen molar-refractivity contribution in [2.45, 2.75) is 19.9 Å². The maximum absolute atomic E-state index is 12.2. The predicted molar refractivity (Wildman–Crippen MR) is 81.5 cm³/mol. The van der Waals surface area contributed by atoms with Gasteiger partial charge >= 0.3 is 0 Å². The fourth-order valence-corrected chi connectivity index (χ4v) is 2.59. The van der Waals surface area contributed by atoms with Crippen LogP contribution < -0.4 is 10.6 Å². The standard InChI is InChI=1S/C16H25N3O/c1-13(2)16(14-6-4-3-5-7-14)18-15(20)12-19-10-8-17-9-11-19/h3-7,13,16-17H,8-12H2,1-2H3,(H,18,20). The van der Waals surface area contributed by atoms with E-state index in [-0.39, 0.29) is 11.9 Å². The molecule has 1 aromatic rings. The van der Waals surface area contributed by atoms with E-state index in [0.717, 1.165) is 26.2 Å². The van der Waals surface area contributed by atoms with Crippen LogP contribution >= 0.6 is 0 Å². The summed E-state index contributed by atoms with van der Waals surface area (Å²) < 4.78 is 0. The van der Waals surface area contributed by atoms with Crippen LogP contribution in [-0.2, 0) is 4.79 Å². The molecule has 1 heterocycles. The molecule has 4 nitrogen and oxygen atoms in total. The van der Waals surface area contributed by atoms with Gasteiger partial charge < -0.3 is 10.6 Å². The number of nitrogens with one attached hydrogen (secondary N) is 2. The van der Waals surface area contributed by atoms with Gasteiger partial charge in [0.15, 0.2) is 0 Å². The van der Waals surface area contributed by atoms with E-state index in [1.54, 1.807) is 0 Å². The molecular formula is C16H25N3O. The van der Waals surface area contributed by atoms with E-state index in [1.165, 1.54) is 5.56 Å². The van der Waals surface area contributed by atoms with Gasteiger partial charge in [0, 0.05) is 26.2 Å². The Balaban J connectivity index is 1.92. The van der Waals surface area contributed by atoms with E-state index in [1.807, 2.05) is 18.2 Å². The van der Waals surface area contributed by atoms with Crippen LogP contribution in [0.2, 0.25) is 0 Å². The van der Waals surface area contributed by atoms with Crippen LogP contribution in [0, 0.1) is 5.92 Å². The maximum Gasteiger partial charge on any atom is 0.234 e. The summed E-state index contributed by atoms with van der Waals surface area (Å²) in [6.45, 7) is 8.62. The molecular weight excluding hydrogens is 250 g/mol.